The molecule has 2 heterocycles. The van der Waals surface area contributed by atoms with Crippen molar-refractivity contribution in [2.24, 2.45) is 16.0 Å². The number of allylic oxidation sites excluding steroid dienone is 2. The zero-order chi connectivity index (χ0) is 41.6. The summed E-state index contributed by atoms with van der Waals surface area (Å²) in [5, 5.41) is 52.9. The van der Waals surface area contributed by atoms with Gasteiger partial charge in [-0.1, -0.05) is 17.7 Å². The number of aromatic nitrogens is 1. The van der Waals surface area contributed by atoms with Crippen LogP contribution in [0.15, 0.2) is 93.6 Å². The third kappa shape index (κ3) is 12.0. The van der Waals surface area contributed by atoms with E-state index in [1.807, 2.05) is 19.9 Å². The minimum absolute atomic E-state index is 0.0231. The highest BCUT2D eigenvalue weighted by molar-refractivity contribution is 7.92. The normalized spacial score (nSPS) is 11.9. The summed E-state index contributed by atoms with van der Waals surface area (Å²) < 4.78 is 37.4. The number of ether oxygens (including phenoxy) is 2. The number of amides is 2. The van der Waals surface area contributed by atoms with E-state index in [1.165, 1.54) is 67.3 Å². The van der Waals surface area contributed by atoms with Crippen LogP contribution in [0.25, 0.3) is 0 Å². The second kappa shape index (κ2) is 19.9. The van der Waals surface area contributed by atoms with Crippen molar-refractivity contribution in [1.82, 2.24) is 10.5 Å². The van der Waals surface area contributed by atoms with Crippen molar-refractivity contribution in [2.45, 2.75) is 44.6 Å². The van der Waals surface area contributed by atoms with E-state index in [4.69, 9.17) is 24.9 Å². The van der Waals surface area contributed by atoms with Crippen molar-refractivity contribution in [2.75, 3.05) is 11.8 Å². The summed E-state index contributed by atoms with van der Waals surface area (Å²) in [7, 11) is -2.28. The Morgan fingerprint density at radius 1 is 1.02 bits per heavy atom. The zero-order valence-corrected chi connectivity index (χ0v) is 30.9. The van der Waals surface area contributed by atoms with Crippen LogP contribution in [0.3, 0.4) is 0 Å². The molecule has 0 unspecified atom stereocenters. The molecule has 5 rings (SSSR count). The molecule has 0 aliphatic carbocycles. The number of urea groups is 1. The van der Waals surface area contributed by atoms with Gasteiger partial charge in [0.05, 0.1) is 23.4 Å². The third-order valence-electron chi connectivity index (χ3n) is 7.69. The molecule has 296 valence electrons. The van der Waals surface area contributed by atoms with E-state index in [1.54, 1.807) is 12.1 Å². The van der Waals surface area contributed by atoms with Crippen LogP contribution >= 0.6 is 0 Å². The molecule has 9 N–H and O–H groups in total. The number of rotatable bonds is 12. The number of nitrogens with zero attached hydrogens (tertiary/aromatic N) is 3. The summed E-state index contributed by atoms with van der Waals surface area (Å²) in [4.78, 5) is 46.6. The minimum atomic E-state index is -3.79. The number of azo groups is 1. The number of pyridine rings is 1. The maximum absolute atomic E-state index is 12.3. The number of methoxy groups -OCH3 is 1. The molecule has 1 aliphatic heterocycles. The number of carbonyl (C=O) groups is 4. The SMILES string of the molecule is COc1c(C)c2c(c(O)c1C/C=C(\C)CCC(=O)O)C(=O)OC2.NC(=O)NO.O=C(O)c1cc(/N=N/c2ccc(S(=O)(=O)Nc3ccccn3)cc2)ccc1O. The highest BCUT2D eigenvalue weighted by Crippen LogP contribution is 2.42. The van der Waals surface area contributed by atoms with Crippen LogP contribution in [-0.4, -0.2) is 70.1 Å². The Bertz CT molecular complexity index is 2250. The maximum atomic E-state index is 12.3. The van der Waals surface area contributed by atoms with Gasteiger partial charge in [-0.25, -0.2) is 33.3 Å². The predicted octanol–water partition coefficient (Wildman–Crippen LogP) is 5.48. The zero-order valence-electron chi connectivity index (χ0n) is 30.1. The molecule has 19 nitrogen and oxygen atoms in total. The average Bonchev–Trinajstić information content (AvgIpc) is 3.56. The number of hydrogen-bond donors (Lipinski definition) is 8. The number of nitrogens with one attached hydrogen (secondary N) is 2. The number of carbonyl (C=O) groups excluding carboxylic acids is 2. The van der Waals surface area contributed by atoms with E-state index in [0.717, 1.165) is 11.1 Å². The van der Waals surface area contributed by atoms with Crippen LogP contribution in [0, 0.1) is 6.92 Å². The lowest BCUT2D eigenvalue weighted by molar-refractivity contribution is -0.136. The number of aliphatic carboxylic acids is 1. The Balaban J connectivity index is 0.000000272. The second-order valence-corrected chi connectivity index (χ2v) is 13.2. The van der Waals surface area contributed by atoms with Crippen LogP contribution in [0.5, 0.6) is 17.2 Å². The van der Waals surface area contributed by atoms with Crippen LogP contribution < -0.4 is 20.7 Å². The summed E-state index contributed by atoms with van der Waals surface area (Å²) in [5.74, 6) is -2.43. The summed E-state index contributed by atoms with van der Waals surface area (Å²) >= 11 is 0. The summed E-state index contributed by atoms with van der Waals surface area (Å²) in [6, 6.07) is 13.3. The Labute approximate surface area is 319 Å². The minimum Gasteiger partial charge on any atom is -0.507 e. The number of phenols is 2. The van der Waals surface area contributed by atoms with E-state index in [0.29, 0.717) is 35.4 Å². The molecule has 0 saturated heterocycles. The molecule has 20 heteroatoms. The molecule has 1 aliphatic rings. The molecule has 0 radical (unpaired) electrons. The molecule has 3 aromatic carbocycles. The van der Waals surface area contributed by atoms with Gasteiger partial charge in [-0.2, -0.15) is 10.2 Å². The van der Waals surface area contributed by atoms with Gasteiger partial charge in [-0.15, -0.1) is 0 Å². The molecule has 1 aromatic heterocycles. The number of hydroxylamine groups is 1. The number of nitrogens with two attached hydrogens (primary N) is 1. The molecule has 0 saturated carbocycles. The molecule has 0 bridgehead atoms. The molecule has 0 fully saturated rings. The summed E-state index contributed by atoms with van der Waals surface area (Å²) in [6.45, 7) is 3.79. The first kappa shape index (κ1) is 43.3. The third-order valence-corrected chi connectivity index (χ3v) is 9.06. The van der Waals surface area contributed by atoms with Crippen LogP contribution in [-0.2, 0) is 32.6 Å². The fourth-order valence-electron chi connectivity index (χ4n) is 4.90. The number of sulfonamides is 1. The first-order valence-electron chi connectivity index (χ1n) is 16.2. The number of primary amides is 1. The number of aromatic hydroxyl groups is 2. The number of fused-ring (bicyclic) bond motifs is 1. The van der Waals surface area contributed by atoms with Gasteiger partial charge in [0.25, 0.3) is 10.0 Å². The largest absolute Gasteiger partial charge is 0.507 e. The Morgan fingerprint density at radius 3 is 2.23 bits per heavy atom. The number of phenolic OH excluding ortho intramolecular Hbond substituents is 1. The van der Waals surface area contributed by atoms with E-state index in [9.17, 15) is 37.8 Å². The van der Waals surface area contributed by atoms with Gasteiger partial charge < -0.3 is 35.6 Å². The molecule has 4 aromatic rings. The fraction of sp³-hybridized carbons (Fsp3) is 0.194. The van der Waals surface area contributed by atoms with Gasteiger partial charge in [-0.05, 0) is 86.8 Å². The van der Waals surface area contributed by atoms with Crippen molar-refractivity contribution in [1.29, 1.82) is 0 Å². The predicted molar refractivity (Wildman–Crippen MR) is 198 cm³/mol. The average molecular weight is 795 g/mol. The first-order valence-corrected chi connectivity index (χ1v) is 17.6. The Kier molecular flexibility index (Phi) is 15.4. The van der Waals surface area contributed by atoms with Crippen molar-refractivity contribution >= 4 is 51.2 Å². The van der Waals surface area contributed by atoms with Gasteiger partial charge in [0.2, 0.25) is 0 Å². The number of cyclic esters (lactones) is 1. The number of aromatic carboxylic acids is 1. The van der Waals surface area contributed by atoms with E-state index < -0.39 is 34.0 Å². The topological polar surface area (TPSA) is 310 Å². The smallest absolute Gasteiger partial charge is 0.342 e. The van der Waals surface area contributed by atoms with Crippen LogP contribution in [0.2, 0.25) is 0 Å². The van der Waals surface area contributed by atoms with Gasteiger partial charge in [0.15, 0.2) is 0 Å². The highest BCUT2D eigenvalue weighted by Gasteiger charge is 2.31. The number of benzene rings is 3. The standard InChI is InChI=1S/C18H14N4O5S.C17H20O6.CH4N2O2/c23-16-9-6-13(11-15(16)18(24)25)21-20-12-4-7-14(8-5-12)28(26,27)22-17-3-1-2-10-19-17;1-9(5-7-13(18)19)4-6-11-15(20)14-12(8-23-17(14)21)10(2)16(11)22-3;2-1(4)3-5/h1-11,23H,(H,19,22)(H,24,25);4,20H,5-8H2,1-3H3,(H,18,19);5H,(H3,2,3,4)/b21-20+;9-4+;. The number of anilines is 1. The van der Waals surface area contributed by atoms with Crippen LogP contribution in [0.4, 0.5) is 22.0 Å². The molecule has 2 amide bonds. The molecule has 0 atom stereocenters. The Morgan fingerprint density at radius 2 is 1.66 bits per heavy atom. The van der Waals surface area contributed by atoms with Crippen molar-refractivity contribution in [3.63, 3.8) is 0 Å². The van der Waals surface area contributed by atoms with Gasteiger partial charge in [0.1, 0.15) is 40.8 Å². The lowest BCUT2D eigenvalue weighted by Crippen LogP contribution is -2.25. The first-order chi connectivity index (χ1) is 26.5. The lowest BCUT2D eigenvalue weighted by Gasteiger charge is -2.15. The Hall–Kier alpha value is -7.06. The van der Waals surface area contributed by atoms with Crippen molar-refractivity contribution < 1.29 is 62.7 Å². The fourth-order valence-corrected chi connectivity index (χ4v) is 5.90. The molecule has 56 heavy (non-hydrogen) atoms. The van der Waals surface area contributed by atoms with Crippen LogP contribution in [0.1, 0.15) is 57.2 Å². The quantitative estimate of drug-likeness (QED) is 0.0290. The molecular formula is C36H38N6O13S. The summed E-state index contributed by atoms with van der Waals surface area (Å²) in [6.07, 6.45) is 4.15. The van der Waals surface area contributed by atoms with E-state index in [2.05, 4.69) is 25.7 Å². The molecular weight excluding hydrogens is 756 g/mol. The van der Waals surface area contributed by atoms with E-state index >= 15 is 0 Å². The van der Waals surface area contributed by atoms with Crippen molar-refractivity contribution in [3.05, 3.63) is 106 Å². The molecule has 0 spiro atoms. The lowest BCUT2D eigenvalue weighted by atomic mass is 9.94. The number of carboxylic acids is 2. The number of carboxylic acid groups (broad SMARTS) is 2. The monoisotopic (exact) mass is 794 g/mol. The van der Waals surface area contributed by atoms with Gasteiger partial charge in [0, 0.05) is 23.7 Å². The van der Waals surface area contributed by atoms with Gasteiger partial charge in [-0.3, -0.25) is 14.7 Å². The number of esters is 1. The van der Waals surface area contributed by atoms with Gasteiger partial charge >= 0.3 is 23.9 Å². The second-order valence-electron chi connectivity index (χ2n) is 11.6. The number of hydrogen-bond acceptors (Lipinski definition) is 14. The maximum Gasteiger partial charge on any atom is 0.342 e. The summed E-state index contributed by atoms with van der Waals surface area (Å²) in [5.41, 5.74) is 8.79. The van der Waals surface area contributed by atoms with E-state index in [-0.39, 0.29) is 52.1 Å². The van der Waals surface area contributed by atoms with Crippen molar-refractivity contribution in [3.8, 4) is 17.2 Å². The highest BCUT2D eigenvalue weighted by atomic mass is 32.2.